The second-order valence-electron chi connectivity index (χ2n) is 4.63. The average Bonchev–Trinajstić information content (AvgIpc) is 2.41. The molecule has 92 valence electrons. The highest BCUT2D eigenvalue weighted by Crippen LogP contribution is 2.17. The SMILES string of the molecule is CSc1ccc(CNCC2CC=CCC2)cc1. The molecule has 0 radical (unpaired) electrons. The smallest absolute Gasteiger partial charge is 0.0205 e. The lowest BCUT2D eigenvalue weighted by atomic mass is 9.94. The summed E-state index contributed by atoms with van der Waals surface area (Å²) in [5, 5.41) is 3.57. The summed E-state index contributed by atoms with van der Waals surface area (Å²) in [6.45, 7) is 2.14. The lowest BCUT2D eigenvalue weighted by Crippen LogP contribution is -2.23. The van der Waals surface area contributed by atoms with Gasteiger partial charge in [0.25, 0.3) is 0 Å². The molecule has 0 saturated heterocycles. The standard InChI is InChI=1S/C15H21NS/c1-17-15-9-7-14(8-10-15)12-16-11-13-5-3-2-4-6-13/h2-3,7-10,13,16H,4-6,11-12H2,1H3. The maximum atomic E-state index is 3.57. The van der Waals surface area contributed by atoms with E-state index in [-0.39, 0.29) is 0 Å². The van der Waals surface area contributed by atoms with Crippen LogP contribution in [0, 0.1) is 5.92 Å². The molecular formula is C15H21NS. The van der Waals surface area contributed by atoms with Crippen LogP contribution in [0.2, 0.25) is 0 Å². The molecule has 0 fully saturated rings. The fraction of sp³-hybridized carbons (Fsp3) is 0.467. The molecule has 17 heavy (non-hydrogen) atoms. The first-order valence-corrected chi connectivity index (χ1v) is 7.59. The number of hydrogen-bond donors (Lipinski definition) is 1. The number of thioether (sulfide) groups is 1. The van der Waals surface area contributed by atoms with Crippen molar-refractivity contribution in [3.8, 4) is 0 Å². The summed E-state index contributed by atoms with van der Waals surface area (Å²) in [6.07, 6.45) is 10.6. The van der Waals surface area contributed by atoms with E-state index in [0.717, 1.165) is 19.0 Å². The Morgan fingerprint density at radius 3 is 2.71 bits per heavy atom. The van der Waals surface area contributed by atoms with Crippen LogP contribution in [0.3, 0.4) is 0 Å². The molecule has 1 unspecified atom stereocenters. The third kappa shape index (κ3) is 4.21. The molecule has 1 N–H and O–H groups in total. The molecule has 0 aliphatic heterocycles. The van der Waals surface area contributed by atoms with E-state index in [0.29, 0.717) is 0 Å². The first kappa shape index (κ1) is 12.7. The van der Waals surface area contributed by atoms with Gasteiger partial charge < -0.3 is 5.32 Å². The summed E-state index contributed by atoms with van der Waals surface area (Å²) in [7, 11) is 0. The van der Waals surface area contributed by atoms with Crippen LogP contribution in [0.15, 0.2) is 41.3 Å². The van der Waals surface area contributed by atoms with Crippen LogP contribution in [0.4, 0.5) is 0 Å². The van der Waals surface area contributed by atoms with E-state index in [4.69, 9.17) is 0 Å². The quantitative estimate of drug-likeness (QED) is 0.626. The van der Waals surface area contributed by atoms with Gasteiger partial charge in [-0.15, -0.1) is 11.8 Å². The summed E-state index contributed by atoms with van der Waals surface area (Å²) in [4.78, 5) is 1.34. The molecule has 0 saturated carbocycles. The summed E-state index contributed by atoms with van der Waals surface area (Å²) >= 11 is 1.80. The Kier molecular flexibility index (Phi) is 5.14. The summed E-state index contributed by atoms with van der Waals surface area (Å²) in [6, 6.07) is 8.84. The van der Waals surface area contributed by atoms with Gasteiger partial charge in [-0.25, -0.2) is 0 Å². The van der Waals surface area contributed by atoms with Crippen molar-refractivity contribution in [2.75, 3.05) is 12.8 Å². The van der Waals surface area contributed by atoms with Crippen molar-refractivity contribution in [3.63, 3.8) is 0 Å². The van der Waals surface area contributed by atoms with Crippen molar-refractivity contribution in [3.05, 3.63) is 42.0 Å². The largest absolute Gasteiger partial charge is 0.312 e. The third-order valence-corrected chi connectivity index (χ3v) is 4.04. The van der Waals surface area contributed by atoms with Crippen molar-refractivity contribution in [2.24, 2.45) is 5.92 Å². The molecule has 1 aliphatic rings. The summed E-state index contributed by atoms with van der Waals surface area (Å²) in [5.74, 6) is 0.838. The normalized spacial score (nSPS) is 19.5. The van der Waals surface area contributed by atoms with Gasteiger partial charge in [0.05, 0.1) is 0 Å². The minimum Gasteiger partial charge on any atom is -0.312 e. The lowest BCUT2D eigenvalue weighted by molar-refractivity contribution is 0.440. The number of allylic oxidation sites excluding steroid dienone is 2. The molecule has 1 nitrogen and oxygen atoms in total. The van der Waals surface area contributed by atoms with Gasteiger partial charge >= 0.3 is 0 Å². The first-order chi connectivity index (χ1) is 8.38. The lowest BCUT2D eigenvalue weighted by Gasteiger charge is -2.18. The van der Waals surface area contributed by atoms with Crippen molar-refractivity contribution in [1.29, 1.82) is 0 Å². The van der Waals surface area contributed by atoms with Gasteiger partial charge in [-0.05, 0) is 55.7 Å². The van der Waals surface area contributed by atoms with Crippen LogP contribution in [-0.2, 0) is 6.54 Å². The number of hydrogen-bond acceptors (Lipinski definition) is 2. The third-order valence-electron chi connectivity index (χ3n) is 3.30. The minimum atomic E-state index is 0.838. The maximum absolute atomic E-state index is 3.57. The van der Waals surface area contributed by atoms with Gasteiger partial charge in [-0.3, -0.25) is 0 Å². The molecule has 0 bridgehead atoms. The zero-order valence-electron chi connectivity index (χ0n) is 10.5. The Morgan fingerprint density at radius 1 is 1.24 bits per heavy atom. The number of nitrogens with one attached hydrogen (secondary N) is 1. The van der Waals surface area contributed by atoms with Crippen molar-refractivity contribution in [2.45, 2.75) is 30.7 Å². The van der Waals surface area contributed by atoms with Crippen LogP contribution in [0.25, 0.3) is 0 Å². The molecule has 1 aromatic carbocycles. The van der Waals surface area contributed by atoms with Crippen LogP contribution in [0.1, 0.15) is 24.8 Å². The van der Waals surface area contributed by atoms with Crippen molar-refractivity contribution >= 4 is 11.8 Å². The topological polar surface area (TPSA) is 12.0 Å². The molecule has 1 aromatic rings. The Bertz CT molecular complexity index is 356. The average molecular weight is 247 g/mol. The monoisotopic (exact) mass is 247 g/mol. The fourth-order valence-electron chi connectivity index (χ4n) is 2.21. The Balaban J connectivity index is 1.72. The number of rotatable bonds is 5. The zero-order chi connectivity index (χ0) is 11.9. The minimum absolute atomic E-state index is 0.838. The fourth-order valence-corrected chi connectivity index (χ4v) is 2.61. The van der Waals surface area contributed by atoms with Gasteiger partial charge in [0.15, 0.2) is 0 Å². The zero-order valence-corrected chi connectivity index (χ0v) is 11.3. The predicted molar refractivity (Wildman–Crippen MR) is 76.4 cm³/mol. The van der Waals surface area contributed by atoms with E-state index >= 15 is 0 Å². The molecule has 1 aliphatic carbocycles. The highest BCUT2D eigenvalue weighted by Gasteiger charge is 2.08. The second-order valence-corrected chi connectivity index (χ2v) is 5.51. The molecular weight excluding hydrogens is 226 g/mol. The Hall–Kier alpha value is -0.730. The van der Waals surface area contributed by atoms with Crippen LogP contribution >= 0.6 is 11.8 Å². The predicted octanol–water partition coefficient (Wildman–Crippen LogP) is 3.85. The number of benzene rings is 1. The molecule has 1 atom stereocenters. The van der Waals surface area contributed by atoms with Gasteiger partial charge in [-0.2, -0.15) is 0 Å². The highest BCUT2D eigenvalue weighted by molar-refractivity contribution is 7.98. The first-order valence-electron chi connectivity index (χ1n) is 6.37. The highest BCUT2D eigenvalue weighted by atomic mass is 32.2. The molecule has 0 spiro atoms. The second kappa shape index (κ2) is 6.87. The van der Waals surface area contributed by atoms with E-state index in [1.54, 1.807) is 11.8 Å². The molecule has 0 aromatic heterocycles. The Labute approximate surface area is 109 Å². The van der Waals surface area contributed by atoms with Gasteiger partial charge in [0.1, 0.15) is 0 Å². The molecule has 0 heterocycles. The van der Waals surface area contributed by atoms with E-state index in [9.17, 15) is 0 Å². The van der Waals surface area contributed by atoms with Crippen molar-refractivity contribution < 1.29 is 0 Å². The van der Waals surface area contributed by atoms with E-state index in [2.05, 4.69) is 48.0 Å². The van der Waals surface area contributed by atoms with Crippen LogP contribution in [-0.4, -0.2) is 12.8 Å². The van der Waals surface area contributed by atoms with E-state index in [1.165, 1.54) is 29.7 Å². The maximum Gasteiger partial charge on any atom is 0.0205 e. The molecule has 2 rings (SSSR count). The summed E-state index contributed by atoms with van der Waals surface area (Å²) < 4.78 is 0. The van der Waals surface area contributed by atoms with E-state index < -0.39 is 0 Å². The van der Waals surface area contributed by atoms with Crippen LogP contribution < -0.4 is 5.32 Å². The van der Waals surface area contributed by atoms with Crippen LogP contribution in [0.5, 0.6) is 0 Å². The molecule has 0 amide bonds. The van der Waals surface area contributed by atoms with Gasteiger partial charge in [-0.1, -0.05) is 24.3 Å². The summed E-state index contributed by atoms with van der Waals surface area (Å²) in [5.41, 5.74) is 1.38. The Morgan fingerprint density at radius 2 is 2.06 bits per heavy atom. The van der Waals surface area contributed by atoms with Gasteiger partial charge in [0.2, 0.25) is 0 Å². The van der Waals surface area contributed by atoms with Gasteiger partial charge in [0, 0.05) is 11.4 Å². The molecule has 2 heteroatoms. The van der Waals surface area contributed by atoms with Crippen molar-refractivity contribution in [1.82, 2.24) is 5.32 Å². The van der Waals surface area contributed by atoms with E-state index in [1.807, 2.05) is 0 Å².